The van der Waals surface area contributed by atoms with Crippen molar-refractivity contribution in [2.24, 2.45) is 4.99 Å². The molecule has 0 saturated carbocycles. The van der Waals surface area contributed by atoms with Crippen molar-refractivity contribution in [3.63, 3.8) is 0 Å². The molecule has 0 aliphatic rings. The number of halogens is 1. The number of benzene rings is 1. The van der Waals surface area contributed by atoms with E-state index in [9.17, 15) is 4.79 Å². The smallest absolute Gasteiger partial charge is 0.341 e. The Hall–Kier alpha value is -1.81. The molecule has 1 aromatic heterocycles. The zero-order chi connectivity index (χ0) is 19.9. The molecule has 1 heterocycles. The Labute approximate surface area is 187 Å². The van der Waals surface area contributed by atoms with Crippen LogP contribution in [0.15, 0.2) is 40.7 Å². The van der Waals surface area contributed by atoms with Gasteiger partial charge < -0.3 is 20.1 Å². The summed E-state index contributed by atoms with van der Waals surface area (Å²) in [6.07, 6.45) is 0. The number of nitrogens with zero attached hydrogens (tertiary/aromatic N) is 1. The number of ether oxygens (including phenoxy) is 2. The molecular weight excluding hydrogens is 489 g/mol. The van der Waals surface area contributed by atoms with Gasteiger partial charge in [-0.2, -0.15) is 0 Å². The second kappa shape index (κ2) is 11.3. The molecule has 0 atom stereocenters. The predicted octanol–water partition coefficient (Wildman–Crippen LogP) is 3.80. The lowest BCUT2D eigenvalue weighted by molar-refractivity contribution is 0.0597. The number of hydrogen-bond donors (Lipinski definition) is 2. The maximum absolute atomic E-state index is 11.9. The summed E-state index contributed by atoms with van der Waals surface area (Å²) in [5, 5.41) is 8.73. The summed E-state index contributed by atoms with van der Waals surface area (Å²) in [4.78, 5) is 17.5. The second-order valence-corrected chi connectivity index (χ2v) is 7.61. The van der Waals surface area contributed by atoms with Gasteiger partial charge >= 0.3 is 5.97 Å². The number of carbonyl (C=O) groups is 1. The van der Waals surface area contributed by atoms with E-state index in [2.05, 4.69) is 47.0 Å². The lowest BCUT2D eigenvalue weighted by Crippen LogP contribution is -2.42. The number of guanidine groups is 1. The van der Waals surface area contributed by atoms with Crippen LogP contribution in [0.25, 0.3) is 0 Å². The Morgan fingerprint density at radius 1 is 1.21 bits per heavy atom. The van der Waals surface area contributed by atoms with Gasteiger partial charge in [-0.05, 0) is 29.1 Å². The molecule has 6 nitrogen and oxygen atoms in total. The minimum Gasteiger partial charge on any atom is -0.496 e. The largest absolute Gasteiger partial charge is 0.496 e. The third kappa shape index (κ3) is 6.37. The first-order valence-corrected chi connectivity index (χ1v) is 9.53. The van der Waals surface area contributed by atoms with E-state index in [1.807, 2.05) is 6.07 Å². The first-order chi connectivity index (χ1) is 12.9. The fourth-order valence-electron chi connectivity index (χ4n) is 2.60. The van der Waals surface area contributed by atoms with Crippen LogP contribution in [0, 0.1) is 0 Å². The molecule has 8 heteroatoms. The lowest BCUT2D eigenvalue weighted by atomic mass is 9.91. The van der Waals surface area contributed by atoms with Crippen LogP contribution in [0.1, 0.15) is 34.6 Å². The number of aliphatic imine (C=N–C) groups is 1. The standard InChI is InChI=1S/C20H27N3O3S.HI/c1-20(2,17-7-6-10-27-17)13-23-19(21-3)22-12-14-8-9-16(25-4)15(11-14)18(24)26-5;/h6-11H,12-13H2,1-5H3,(H2,21,22,23);1H. The highest BCUT2D eigenvalue weighted by atomic mass is 127. The Morgan fingerprint density at radius 3 is 2.54 bits per heavy atom. The summed E-state index contributed by atoms with van der Waals surface area (Å²) in [5.74, 6) is 0.773. The number of esters is 1. The van der Waals surface area contributed by atoms with E-state index in [-0.39, 0.29) is 29.4 Å². The van der Waals surface area contributed by atoms with Crippen molar-refractivity contribution >= 4 is 47.2 Å². The predicted molar refractivity (Wildman–Crippen MR) is 125 cm³/mol. The van der Waals surface area contributed by atoms with Crippen LogP contribution in [-0.4, -0.2) is 39.7 Å². The lowest BCUT2D eigenvalue weighted by Gasteiger charge is -2.25. The van der Waals surface area contributed by atoms with E-state index in [0.29, 0.717) is 23.8 Å². The molecule has 0 aliphatic heterocycles. The highest BCUT2D eigenvalue weighted by Gasteiger charge is 2.22. The zero-order valence-corrected chi connectivity index (χ0v) is 20.0. The van der Waals surface area contributed by atoms with Crippen molar-refractivity contribution in [1.29, 1.82) is 0 Å². The topological polar surface area (TPSA) is 72.0 Å². The molecule has 1 aromatic carbocycles. The molecule has 0 fully saturated rings. The van der Waals surface area contributed by atoms with E-state index < -0.39 is 5.97 Å². The van der Waals surface area contributed by atoms with E-state index in [1.165, 1.54) is 19.1 Å². The minimum atomic E-state index is -0.422. The highest BCUT2D eigenvalue weighted by molar-refractivity contribution is 14.0. The molecular formula is C20H28IN3O3S. The molecule has 0 saturated heterocycles. The molecule has 2 N–H and O–H groups in total. The first kappa shape index (κ1) is 24.2. The molecule has 0 spiro atoms. The van der Waals surface area contributed by atoms with Gasteiger partial charge in [-0.3, -0.25) is 4.99 Å². The van der Waals surface area contributed by atoms with Gasteiger partial charge in [0.05, 0.1) is 14.2 Å². The van der Waals surface area contributed by atoms with Gasteiger partial charge in [0.25, 0.3) is 0 Å². The quantitative estimate of drug-likeness (QED) is 0.253. The molecule has 154 valence electrons. The normalized spacial score (nSPS) is 11.4. The molecule has 0 unspecified atom stereocenters. The van der Waals surface area contributed by atoms with Crippen molar-refractivity contribution in [2.45, 2.75) is 25.8 Å². The van der Waals surface area contributed by atoms with Gasteiger partial charge in [0.1, 0.15) is 11.3 Å². The summed E-state index contributed by atoms with van der Waals surface area (Å²) in [7, 11) is 4.62. The molecule has 0 aliphatic carbocycles. The van der Waals surface area contributed by atoms with Crippen LogP contribution in [0.3, 0.4) is 0 Å². The van der Waals surface area contributed by atoms with Gasteiger partial charge in [0, 0.05) is 30.4 Å². The van der Waals surface area contributed by atoms with Crippen LogP contribution in [0.4, 0.5) is 0 Å². The fraction of sp³-hybridized carbons (Fsp3) is 0.400. The van der Waals surface area contributed by atoms with Gasteiger partial charge in [-0.1, -0.05) is 26.0 Å². The van der Waals surface area contributed by atoms with Crippen molar-refractivity contribution in [3.05, 3.63) is 51.7 Å². The Kier molecular flexibility index (Phi) is 9.74. The zero-order valence-electron chi connectivity index (χ0n) is 16.9. The molecule has 2 aromatic rings. The van der Waals surface area contributed by atoms with Gasteiger partial charge in [-0.15, -0.1) is 35.3 Å². The van der Waals surface area contributed by atoms with Crippen molar-refractivity contribution < 1.29 is 14.3 Å². The number of carbonyl (C=O) groups excluding carboxylic acids is 1. The van der Waals surface area contributed by atoms with Crippen LogP contribution >= 0.6 is 35.3 Å². The Morgan fingerprint density at radius 2 is 1.96 bits per heavy atom. The molecule has 28 heavy (non-hydrogen) atoms. The molecule has 0 bridgehead atoms. The maximum Gasteiger partial charge on any atom is 0.341 e. The Balaban J connectivity index is 0.00000392. The van der Waals surface area contributed by atoms with E-state index >= 15 is 0 Å². The van der Waals surface area contributed by atoms with Crippen LogP contribution in [0.5, 0.6) is 5.75 Å². The van der Waals surface area contributed by atoms with E-state index in [4.69, 9.17) is 9.47 Å². The van der Waals surface area contributed by atoms with Crippen molar-refractivity contribution in [1.82, 2.24) is 10.6 Å². The number of rotatable bonds is 7. The summed E-state index contributed by atoms with van der Waals surface area (Å²) in [5.41, 5.74) is 1.34. The van der Waals surface area contributed by atoms with Crippen LogP contribution in [0.2, 0.25) is 0 Å². The number of hydrogen-bond acceptors (Lipinski definition) is 5. The van der Waals surface area contributed by atoms with Gasteiger partial charge in [0.2, 0.25) is 0 Å². The highest BCUT2D eigenvalue weighted by Crippen LogP contribution is 2.26. The van der Waals surface area contributed by atoms with Crippen LogP contribution in [-0.2, 0) is 16.7 Å². The molecule has 2 rings (SSSR count). The maximum atomic E-state index is 11.9. The number of nitrogens with one attached hydrogen (secondary N) is 2. The summed E-state index contributed by atoms with van der Waals surface area (Å²) in [6, 6.07) is 9.65. The van der Waals surface area contributed by atoms with Gasteiger partial charge in [-0.25, -0.2) is 4.79 Å². The van der Waals surface area contributed by atoms with Crippen LogP contribution < -0.4 is 15.4 Å². The van der Waals surface area contributed by atoms with Crippen molar-refractivity contribution in [2.75, 3.05) is 27.8 Å². The first-order valence-electron chi connectivity index (χ1n) is 8.65. The summed E-state index contributed by atoms with van der Waals surface area (Å²) < 4.78 is 10.0. The summed E-state index contributed by atoms with van der Waals surface area (Å²) in [6.45, 7) is 5.67. The average molecular weight is 517 g/mol. The SMILES string of the molecule is CN=C(NCc1ccc(OC)c(C(=O)OC)c1)NCC(C)(C)c1cccs1.I. The fourth-order valence-corrected chi connectivity index (χ4v) is 3.45. The third-order valence-corrected chi connectivity index (χ3v) is 5.47. The monoisotopic (exact) mass is 517 g/mol. The number of thiophene rings is 1. The van der Waals surface area contributed by atoms with E-state index in [1.54, 1.807) is 30.5 Å². The second-order valence-electron chi connectivity index (χ2n) is 6.67. The van der Waals surface area contributed by atoms with Crippen molar-refractivity contribution in [3.8, 4) is 5.75 Å². The number of methoxy groups -OCH3 is 2. The van der Waals surface area contributed by atoms with Gasteiger partial charge in [0.15, 0.2) is 5.96 Å². The van der Waals surface area contributed by atoms with E-state index in [0.717, 1.165) is 12.1 Å². The molecule has 0 radical (unpaired) electrons. The summed E-state index contributed by atoms with van der Waals surface area (Å²) >= 11 is 1.75. The minimum absolute atomic E-state index is 0. The molecule has 0 amide bonds. The average Bonchev–Trinajstić information content (AvgIpc) is 3.23. The third-order valence-electron chi connectivity index (χ3n) is 4.24. The Bertz CT molecular complexity index is 792.